The molecule has 0 nitrogen and oxygen atoms in total. The van der Waals surface area contributed by atoms with Gasteiger partial charge in [-0.05, 0) is 42.5 Å². The van der Waals surface area contributed by atoms with E-state index in [0.29, 0.717) is 0 Å². The SMILES string of the molecule is CCC(=C1CC1)c1ccc(Br)cc1. The molecular formula is C12H13Br. The van der Waals surface area contributed by atoms with Gasteiger partial charge in [0, 0.05) is 4.47 Å². The molecule has 1 heteroatoms. The van der Waals surface area contributed by atoms with E-state index in [-0.39, 0.29) is 0 Å². The van der Waals surface area contributed by atoms with Crippen LogP contribution in [0.1, 0.15) is 31.7 Å². The van der Waals surface area contributed by atoms with Gasteiger partial charge in [-0.1, -0.05) is 40.6 Å². The number of allylic oxidation sites excluding steroid dienone is 2. The van der Waals surface area contributed by atoms with Crippen molar-refractivity contribution in [2.75, 3.05) is 0 Å². The Kier molecular flexibility index (Phi) is 2.54. The topological polar surface area (TPSA) is 0 Å². The van der Waals surface area contributed by atoms with Crippen LogP contribution in [0, 0.1) is 0 Å². The number of rotatable bonds is 2. The Morgan fingerprint density at radius 1 is 1.23 bits per heavy atom. The fraction of sp³-hybridized carbons (Fsp3) is 0.333. The molecule has 0 aliphatic heterocycles. The Morgan fingerprint density at radius 2 is 1.85 bits per heavy atom. The van der Waals surface area contributed by atoms with Gasteiger partial charge in [-0.15, -0.1) is 0 Å². The lowest BCUT2D eigenvalue weighted by molar-refractivity contribution is 1.23. The zero-order valence-electron chi connectivity index (χ0n) is 7.81. The van der Waals surface area contributed by atoms with E-state index in [0.717, 1.165) is 10.9 Å². The Labute approximate surface area is 87.8 Å². The minimum atomic E-state index is 1.16. The van der Waals surface area contributed by atoms with Gasteiger partial charge >= 0.3 is 0 Å². The number of hydrogen-bond acceptors (Lipinski definition) is 0. The van der Waals surface area contributed by atoms with Gasteiger partial charge in [0.05, 0.1) is 0 Å². The standard InChI is InChI=1S/C12H13Br/c1-2-12(9-3-4-9)10-5-7-11(13)8-6-10/h5-8H,2-4H2,1H3. The average molecular weight is 237 g/mol. The van der Waals surface area contributed by atoms with Crippen LogP contribution in [-0.4, -0.2) is 0 Å². The Morgan fingerprint density at radius 3 is 2.31 bits per heavy atom. The summed E-state index contributed by atoms with van der Waals surface area (Å²) in [5.74, 6) is 0. The maximum Gasteiger partial charge on any atom is 0.0175 e. The fourth-order valence-corrected chi connectivity index (χ4v) is 1.94. The molecule has 0 spiro atoms. The van der Waals surface area contributed by atoms with Gasteiger partial charge in [0.15, 0.2) is 0 Å². The molecule has 0 atom stereocenters. The summed E-state index contributed by atoms with van der Waals surface area (Å²) in [6, 6.07) is 8.64. The normalized spacial score (nSPS) is 14.5. The third-order valence-corrected chi connectivity index (χ3v) is 3.00. The predicted molar refractivity (Wildman–Crippen MR) is 60.6 cm³/mol. The zero-order valence-corrected chi connectivity index (χ0v) is 9.39. The lowest BCUT2D eigenvalue weighted by Gasteiger charge is -2.04. The van der Waals surface area contributed by atoms with Crippen LogP contribution in [0.5, 0.6) is 0 Å². The van der Waals surface area contributed by atoms with Crippen LogP contribution in [0.4, 0.5) is 0 Å². The molecule has 0 aromatic heterocycles. The van der Waals surface area contributed by atoms with Gasteiger partial charge < -0.3 is 0 Å². The first-order valence-corrected chi connectivity index (χ1v) is 5.57. The van der Waals surface area contributed by atoms with Gasteiger partial charge in [-0.3, -0.25) is 0 Å². The number of benzene rings is 1. The lowest BCUT2D eigenvalue weighted by Crippen LogP contribution is -1.81. The second kappa shape index (κ2) is 3.67. The van der Waals surface area contributed by atoms with Crippen LogP contribution in [0.25, 0.3) is 5.57 Å². The van der Waals surface area contributed by atoms with Crippen LogP contribution in [0.2, 0.25) is 0 Å². The molecule has 1 aliphatic rings. The van der Waals surface area contributed by atoms with Crippen LogP contribution in [0.3, 0.4) is 0 Å². The number of halogens is 1. The largest absolute Gasteiger partial charge is 0.0658 e. The Hall–Kier alpha value is -0.560. The van der Waals surface area contributed by atoms with Crippen molar-refractivity contribution < 1.29 is 0 Å². The first kappa shape index (κ1) is 9.01. The second-order valence-electron chi connectivity index (χ2n) is 3.44. The van der Waals surface area contributed by atoms with E-state index in [4.69, 9.17) is 0 Å². The highest BCUT2D eigenvalue weighted by Gasteiger charge is 2.17. The maximum atomic E-state index is 3.45. The molecule has 13 heavy (non-hydrogen) atoms. The van der Waals surface area contributed by atoms with E-state index >= 15 is 0 Å². The fourth-order valence-electron chi connectivity index (χ4n) is 1.67. The van der Waals surface area contributed by atoms with Crippen LogP contribution in [-0.2, 0) is 0 Å². The summed E-state index contributed by atoms with van der Waals surface area (Å²) in [5, 5.41) is 0. The first-order chi connectivity index (χ1) is 6.31. The number of hydrogen-bond donors (Lipinski definition) is 0. The minimum Gasteiger partial charge on any atom is -0.0658 e. The molecule has 0 amide bonds. The molecular weight excluding hydrogens is 224 g/mol. The molecule has 0 saturated heterocycles. The van der Waals surface area contributed by atoms with Crippen molar-refractivity contribution in [3.63, 3.8) is 0 Å². The van der Waals surface area contributed by atoms with Gasteiger partial charge in [-0.25, -0.2) is 0 Å². The molecule has 1 aromatic rings. The molecule has 1 fully saturated rings. The summed E-state index contributed by atoms with van der Waals surface area (Å²) < 4.78 is 1.16. The van der Waals surface area contributed by atoms with E-state index in [9.17, 15) is 0 Å². The minimum absolute atomic E-state index is 1.16. The first-order valence-electron chi connectivity index (χ1n) is 4.78. The molecule has 2 rings (SSSR count). The third-order valence-electron chi connectivity index (χ3n) is 2.47. The van der Waals surface area contributed by atoms with Crippen molar-refractivity contribution in [3.05, 3.63) is 39.9 Å². The zero-order chi connectivity index (χ0) is 9.26. The molecule has 0 radical (unpaired) electrons. The van der Waals surface area contributed by atoms with Crippen LogP contribution < -0.4 is 0 Å². The van der Waals surface area contributed by atoms with Crippen LogP contribution in [0.15, 0.2) is 34.3 Å². The summed E-state index contributed by atoms with van der Waals surface area (Å²) in [5.41, 5.74) is 4.62. The predicted octanol–water partition coefficient (Wildman–Crippen LogP) is 4.41. The van der Waals surface area contributed by atoms with E-state index in [1.54, 1.807) is 11.1 Å². The summed E-state index contributed by atoms with van der Waals surface area (Å²) in [6.45, 7) is 2.24. The second-order valence-corrected chi connectivity index (χ2v) is 4.36. The summed E-state index contributed by atoms with van der Waals surface area (Å²) in [6.07, 6.45) is 3.80. The summed E-state index contributed by atoms with van der Waals surface area (Å²) in [4.78, 5) is 0. The van der Waals surface area contributed by atoms with Crippen LogP contribution >= 0.6 is 15.9 Å². The molecule has 1 aliphatic carbocycles. The van der Waals surface area contributed by atoms with Gasteiger partial charge in [0.2, 0.25) is 0 Å². The third kappa shape index (κ3) is 2.02. The smallest absolute Gasteiger partial charge is 0.0175 e. The van der Waals surface area contributed by atoms with E-state index in [1.165, 1.54) is 18.4 Å². The summed E-state index contributed by atoms with van der Waals surface area (Å²) >= 11 is 3.45. The van der Waals surface area contributed by atoms with Gasteiger partial charge in [-0.2, -0.15) is 0 Å². The molecule has 68 valence electrons. The molecule has 0 N–H and O–H groups in total. The molecule has 1 aromatic carbocycles. The van der Waals surface area contributed by atoms with Crippen molar-refractivity contribution in [2.45, 2.75) is 26.2 Å². The van der Waals surface area contributed by atoms with Crippen molar-refractivity contribution in [1.82, 2.24) is 0 Å². The summed E-state index contributed by atoms with van der Waals surface area (Å²) in [7, 11) is 0. The lowest BCUT2D eigenvalue weighted by atomic mass is 10.0. The van der Waals surface area contributed by atoms with Crippen molar-refractivity contribution in [3.8, 4) is 0 Å². The van der Waals surface area contributed by atoms with Gasteiger partial charge in [0.25, 0.3) is 0 Å². The maximum absolute atomic E-state index is 3.45. The van der Waals surface area contributed by atoms with Crippen molar-refractivity contribution in [1.29, 1.82) is 0 Å². The van der Waals surface area contributed by atoms with E-state index < -0.39 is 0 Å². The molecule has 0 bridgehead atoms. The van der Waals surface area contributed by atoms with E-state index in [1.807, 2.05) is 0 Å². The highest BCUT2D eigenvalue weighted by atomic mass is 79.9. The molecule has 0 heterocycles. The quantitative estimate of drug-likeness (QED) is 0.714. The van der Waals surface area contributed by atoms with Crippen molar-refractivity contribution >= 4 is 21.5 Å². The Balaban J connectivity index is 2.34. The highest BCUT2D eigenvalue weighted by molar-refractivity contribution is 9.10. The average Bonchev–Trinajstić information content (AvgIpc) is 2.93. The van der Waals surface area contributed by atoms with Crippen molar-refractivity contribution in [2.24, 2.45) is 0 Å². The Bertz CT molecular complexity index is 327. The molecule has 0 unspecified atom stereocenters. The molecule has 1 saturated carbocycles. The highest BCUT2D eigenvalue weighted by Crippen LogP contribution is 2.38. The van der Waals surface area contributed by atoms with Gasteiger partial charge in [0.1, 0.15) is 0 Å². The van der Waals surface area contributed by atoms with E-state index in [2.05, 4.69) is 47.1 Å². The monoisotopic (exact) mass is 236 g/mol.